The van der Waals surface area contributed by atoms with Crippen LogP contribution in [0.25, 0.3) is 22.4 Å². The van der Waals surface area contributed by atoms with Gasteiger partial charge in [0.1, 0.15) is 17.5 Å². The molecule has 2 aromatic carbocycles. The predicted molar refractivity (Wildman–Crippen MR) is 104 cm³/mol. The third kappa shape index (κ3) is 3.53. The van der Waals surface area contributed by atoms with E-state index in [9.17, 15) is 5.26 Å². The maximum atomic E-state index is 9.46. The van der Waals surface area contributed by atoms with Crippen LogP contribution in [0.5, 0.6) is 0 Å². The van der Waals surface area contributed by atoms with E-state index in [1.165, 1.54) is 0 Å². The van der Waals surface area contributed by atoms with Crippen molar-refractivity contribution in [3.63, 3.8) is 0 Å². The van der Waals surface area contributed by atoms with Crippen molar-refractivity contribution in [1.29, 1.82) is 5.26 Å². The summed E-state index contributed by atoms with van der Waals surface area (Å²) in [6.45, 7) is 0. The Balaban J connectivity index is 2.26. The molecule has 1 heterocycles. The van der Waals surface area contributed by atoms with Crippen LogP contribution in [0.1, 0.15) is 5.56 Å². The monoisotopic (exact) mass is 407 g/mol. The number of nitrogens with zero attached hydrogens (tertiary/aromatic N) is 2. The average Bonchev–Trinajstić information content (AvgIpc) is 2.56. The van der Waals surface area contributed by atoms with Crippen molar-refractivity contribution in [2.45, 2.75) is 0 Å². The highest BCUT2D eigenvalue weighted by atomic mass is 35.5. The molecule has 0 saturated carbocycles. The van der Waals surface area contributed by atoms with E-state index < -0.39 is 0 Å². The van der Waals surface area contributed by atoms with E-state index >= 15 is 0 Å². The van der Waals surface area contributed by atoms with Crippen molar-refractivity contribution >= 4 is 52.2 Å². The van der Waals surface area contributed by atoms with Gasteiger partial charge in [0.05, 0.1) is 20.8 Å². The summed E-state index contributed by atoms with van der Waals surface area (Å²) < 4.78 is 0. The topological polar surface area (TPSA) is 62.7 Å². The van der Waals surface area contributed by atoms with E-state index in [-0.39, 0.29) is 11.4 Å². The molecular formula is C18H9Cl4N3. The number of hydrogen-bond donors (Lipinski definition) is 1. The average molecular weight is 409 g/mol. The number of nitriles is 1. The van der Waals surface area contributed by atoms with E-state index in [4.69, 9.17) is 52.1 Å². The largest absolute Gasteiger partial charge is 0.383 e. The number of nitrogens with two attached hydrogens (primary N) is 1. The Hall–Kier alpha value is -1.96. The van der Waals surface area contributed by atoms with Gasteiger partial charge in [0.25, 0.3) is 0 Å². The van der Waals surface area contributed by atoms with Gasteiger partial charge in [-0.25, -0.2) is 4.98 Å². The summed E-state index contributed by atoms with van der Waals surface area (Å²) in [7, 11) is 0. The summed E-state index contributed by atoms with van der Waals surface area (Å²) in [4.78, 5) is 4.30. The van der Waals surface area contributed by atoms with Crippen molar-refractivity contribution in [2.24, 2.45) is 0 Å². The van der Waals surface area contributed by atoms with Gasteiger partial charge in [0.2, 0.25) is 0 Å². The fourth-order valence-electron chi connectivity index (χ4n) is 2.41. The van der Waals surface area contributed by atoms with Crippen LogP contribution in [0.3, 0.4) is 0 Å². The number of pyridine rings is 1. The van der Waals surface area contributed by atoms with Gasteiger partial charge in [-0.05, 0) is 42.0 Å². The van der Waals surface area contributed by atoms with Crippen LogP contribution in [0.15, 0.2) is 42.5 Å². The van der Waals surface area contributed by atoms with E-state index in [0.29, 0.717) is 42.5 Å². The highest BCUT2D eigenvalue weighted by molar-refractivity contribution is 6.42. The lowest BCUT2D eigenvalue weighted by atomic mass is 9.98. The number of hydrogen-bond acceptors (Lipinski definition) is 3. The highest BCUT2D eigenvalue weighted by Crippen LogP contribution is 2.36. The summed E-state index contributed by atoms with van der Waals surface area (Å²) in [6, 6.07) is 14.0. The van der Waals surface area contributed by atoms with Gasteiger partial charge in [-0.15, -0.1) is 0 Å². The van der Waals surface area contributed by atoms with Gasteiger partial charge in [-0.1, -0.05) is 52.5 Å². The SMILES string of the molecule is N#Cc1c(-c2ccc(Cl)c(Cl)c2)cc(-c2ccc(Cl)cc2Cl)nc1N. The number of anilines is 1. The first-order valence-corrected chi connectivity index (χ1v) is 8.53. The minimum atomic E-state index is 0.104. The van der Waals surface area contributed by atoms with E-state index in [0.717, 1.165) is 0 Å². The smallest absolute Gasteiger partial charge is 0.142 e. The van der Waals surface area contributed by atoms with Crippen LogP contribution in [0.2, 0.25) is 20.1 Å². The lowest BCUT2D eigenvalue weighted by Gasteiger charge is -2.12. The molecule has 0 radical (unpaired) electrons. The standard InChI is InChI=1S/C18H9Cl4N3/c19-10-2-3-11(15(21)6-10)17-7-12(13(8-23)18(24)25-17)9-1-4-14(20)16(22)5-9/h1-7H,(H2,24,25). The summed E-state index contributed by atoms with van der Waals surface area (Å²) >= 11 is 24.3. The van der Waals surface area contributed by atoms with Crippen LogP contribution in [0.4, 0.5) is 5.82 Å². The van der Waals surface area contributed by atoms with Crippen LogP contribution in [-0.2, 0) is 0 Å². The molecular weight excluding hydrogens is 400 g/mol. The molecule has 0 bridgehead atoms. The summed E-state index contributed by atoms with van der Waals surface area (Å²) in [5, 5.41) is 11.2. The molecule has 0 atom stereocenters. The number of halogens is 4. The van der Waals surface area contributed by atoms with Crippen LogP contribution >= 0.6 is 46.4 Å². The first kappa shape index (κ1) is 17.8. The van der Waals surface area contributed by atoms with Gasteiger partial charge in [0, 0.05) is 16.1 Å². The van der Waals surface area contributed by atoms with Crippen LogP contribution < -0.4 is 5.73 Å². The van der Waals surface area contributed by atoms with Gasteiger partial charge >= 0.3 is 0 Å². The summed E-state index contributed by atoms with van der Waals surface area (Å²) in [6.07, 6.45) is 0. The molecule has 124 valence electrons. The predicted octanol–water partition coefficient (Wildman–Crippen LogP) is 6.48. The van der Waals surface area contributed by atoms with Crippen LogP contribution in [-0.4, -0.2) is 4.98 Å². The normalized spacial score (nSPS) is 10.5. The van der Waals surface area contributed by atoms with Gasteiger partial charge < -0.3 is 5.73 Å². The quantitative estimate of drug-likeness (QED) is 0.527. The van der Waals surface area contributed by atoms with Gasteiger partial charge in [-0.3, -0.25) is 0 Å². The maximum Gasteiger partial charge on any atom is 0.142 e. The van der Waals surface area contributed by atoms with Gasteiger partial charge in [-0.2, -0.15) is 5.26 Å². The second kappa shape index (κ2) is 7.11. The van der Waals surface area contributed by atoms with E-state index in [1.807, 2.05) is 0 Å². The minimum Gasteiger partial charge on any atom is -0.383 e. The van der Waals surface area contributed by atoms with E-state index in [2.05, 4.69) is 11.1 Å². The molecule has 0 spiro atoms. The second-order valence-electron chi connectivity index (χ2n) is 5.18. The zero-order valence-corrected chi connectivity index (χ0v) is 15.5. The molecule has 0 fully saturated rings. The Kier molecular flexibility index (Phi) is 5.08. The Morgan fingerprint density at radius 2 is 1.60 bits per heavy atom. The lowest BCUT2D eigenvalue weighted by molar-refractivity contribution is 1.31. The van der Waals surface area contributed by atoms with Crippen molar-refractivity contribution in [3.05, 3.63) is 68.1 Å². The molecule has 0 aliphatic rings. The summed E-state index contributed by atoms with van der Waals surface area (Å²) in [5.41, 5.74) is 8.73. The molecule has 1 aromatic heterocycles. The molecule has 0 amide bonds. The fraction of sp³-hybridized carbons (Fsp3) is 0. The zero-order valence-electron chi connectivity index (χ0n) is 12.5. The van der Waals surface area contributed by atoms with Gasteiger partial charge in [0.15, 0.2) is 0 Å². The minimum absolute atomic E-state index is 0.104. The summed E-state index contributed by atoms with van der Waals surface area (Å²) in [5.74, 6) is 0.104. The number of aromatic nitrogens is 1. The van der Waals surface area contributed by atoms with Crippen molar-refractivity contribution in [3.8, 4) is 28.5 Å². The molecule has 0 unspecified atom stereocenters. The second-order valence-corrected chi connectivity index (χ2v) is 6.84. The first-order valence-electron chi connectivity index (χ1n) is 7.02. The zero-order chi connectivity index (χ0) is 18.1. The Morgan fingerprint density at radius 3 is 2.24 bits per heavy atom. The molecule has 3 aromatic rings. The van der Waals surface area contributed by atoms with Crippen LogP contribution in [0, 0.1) is 11.3 Å². The molecule has 0 aliphatic heterocycles. The number of benzene rings is 2. The number of rotatable bonds is 2. The molecule has 0 saturated heterocycles. The fourth-order valence-corrected chi connectivity index (χ4v) is 3.21. The molecule has 2 N–H and O–H groups in total. The van der Waals surface area contributed by atoms with Crippen molar-refractivity contribution in [2.75, 3.05) is 5.73 Å². The first-order chi connectivity index (χ1) is 11.9. The molecule has 7 heteroatoms. The molecule has 3 nitrogen and oxygen atoms in total. The molecule has 25 heavy (non-hydrogen) atoms. The van der Waals surface area contributed by atoms with Crippen molar-refractivity contribution < 1.29 is 0 Å². The lowest BCUT2D eigenvalue weighted by Crippen LogP contribution is -2.00. The third-order valence-corrected chi connectivity index (χ3v) is 4.88. The highest BCUT2D eigenvalue weighted by Gasteiger charge is 2.16. The molecule has 3 rings (SSSR count). The van der Waals surface area contributed by atoms with E-state index in [1.54, 1.807) is 42.5 Å². The number of nitrogen functional groups attached to an aromatic ring is 1. The third-order valence-electron chi connectivity index (χ3n) is 3.60. The Morgan fingerprint density at radius 1 is 0.840 bits per heavy atom. The Bertz CT molecular complexity index is 1030. The van der Waals surface area contributed by atoms with Crippen molar-refractivity contribution in [1.82, 2.24) is 4.98 Å². The maximum absolute atomic E-state index is 9.46. The Labute approximate surface area is 164 Å². The molecule has 0 aliphatic carbocycles.